The molecule has 2 aromatic rings. The lowest BCUT2D eigenvalue weighted by atomic mass is 9.72. The zero-order chi connectivity index (χ0) is 24.2. The molecule has 0 spiro atoms. The minimum absolute atomic E-state index is 0.121. The summed E-state index contributed by atoms with van der Waals surface area (Å²) >= 11 is 0. The third-order valence-corrected chi connectivity index (χ3v) is 5.63. The van der Waals surface area contributed by atoms with Crippen molar-refractivity contribution < 1.29 is 4.79 Å². The molecule has 0 aromatic heterocycles. The molecule has 0 bridgehead atoms. The Morgan fingerprint density at radius 2 is 1.15 bits per heavy atom. The van der Waals surface area contributed by atoms with Crippen LogP contribution in [0.25, 0.3) is 5.57 Å². The Labute approximate surface area is 198 Å². The maximum atomic E-state index is 13.1. The largest absolute Gasteiger partial charge is 0.289 e. The average Bonchev–Trinajstić information content (AvgIpc) is 2.75. The van der Waals surface area contributed by atoms with Crippen LogP contribution in [-0.4, -0.2) is 5.78 Å². The first-order chi connectivity index (χ1) is 15.5. The van der Waals surface area contributed by atoms with Gasteiger partial charge >= 0.3 is 0 Å². The summed E-state index contributed by atoms with van der Waals surface area (Å²) in [5.41, 5.74) is 6.08. The second kappa shape index (κ2) is 9.66. The van der Waals surface area contributed by atoms with E-state index < -0.39 is 0 Å². The summed E-state index contributed by atoms with van der Waals surface area (Å²) < 4.78 is 0. The van der Waals surface area contributed by atoms with Gasteiger partial charge in [0.2, 0.25) is 0 Å². The number of carbonyl (C=O) groups is 1. The topological polar surface area (TPSA) is 41.8 Å². The summed E-state index contributed by atoms with van der Waals surface area (Å²) in [4.78, 5) is 13.1. The number of nitrogens with zero attached hydrogens (tertiary/aromatic N) is 2. The van der Waals surface area contributed by atoms with E-state index in [0.29, 0.717) is 0 Å². The molecule has 170 valence electrons. The van der Waals surface area contributed by atoms with Gasteiger partial charge in [0.1, 0.15) is 0 Å². The molecule has 0 heterocycles. The van der Waals surface area contributed by atoms with Crippen molar-refractivity contribution in [3.8, 4) is 0 Å². The van der Waals surface area contributed by atoms with Crippen LogP contribution in [0.5, 0.6) is 0 Å². The van der Waals surface area contributed by atoms with E-state index in [-0.39, 0.29) is 16.6 Å². The molecule has 0 fully saturated rings. The van der Waals surface area contributed by atoms with Crippen LogP contribution in [-0.2, 0) is 4.79 Å². The molecule has 2 aromatic carbocycles. The van der Waals surface area contributed by atoms with Gasteiger partial charge < -0.3 is 0 Å². The third-order valence-electron chi connectivity index (χ3n) is 5.63. The molecule has 0 amide bonds. The van der Waals surface area contributed by atoms with Crippen LogP contribution in [0, 0.1) is 10.8 Å². The molecular weight excluding hydrogens is 404 g/mol. The molecule has 0 N–H and O–H groups in total. The molecule has 0 unspecified atom stereocenters. The molecule has 0 aliphatic heterocycles. The standard InChI is InChI=1S/C30H34N2O/c1-21(27(23-14-10-8-11-15-23)24-16-12-9-13-17-24)32-31-20-22-18-25(29(2,3)4)28(33)26(19-22)30(5,6)7/h8-20H,1-7H3/b32-31+. The van der Waals surface area contributed by atoms with Crippen molar-refractivity contribution in [1.29, 1.82) is 0 Å². The van der Waals surface area contributed by atoms with Crippen LogP contribution in [0.1, 0.15) is 59.6 Å². The Morgan fingerprint density at radius 3 is 1.55 bits per heavy atom. The number of hydrogen-bond acceptors (Lipinski definition) is 3. The van der Waals surface area contributed by atoms with Gasteiger partial charge in [0, 0.05) is 16.7 Å². The number of carbonyl (C=O) groups excluding carboxylic acids is 1. The average molecular weight is 439 g/mol. The Balaban J connectivity index is 2.05. The van der Waals surface area contributed by atoms with Gasteiger partial charge in [0.05, 0.1) is 11.9 Å². The number of allylic oxidation sites excluding steroid dienone is 6. The van der Waals surface area contributed by atoms with Crippen molar-refractivity contribution in [2.45, 2.75) is 48.5 Å². The SMILES string of the molecule is CC(/N=N/C=C1C=C(C(C)(C)C)C(=O)C(C(C)(C)C)=C1)=C(c1ccccc1)c1ccccc1. The predicted molar refractivity (Wildman–Crippen MR) is 138 cm³/mol. The summed E-state index contributed by atoms with van der Waals surface area (Å²) in [5.74, 6) is 0.121. The van der Waals surface area contributed by atoms with E-state index in [1.807, 2.05) is 55.5 Å². The number of azo groups is 1. The van der Waals surface area contributed by atoms with E-state index in [2.05, 4.69) is 76.0 Å². The molecule has 0 radical (unpaired) electrons. The highest BCUT2D eigenvalue weighted by molar-refractivity contribution is 6.11. The lowest BCUT2D eigenvalue weighted by molar-refractivity contribution is -0.114. The van der Waals surface area contributed by atoms with Gasteiger partial charge in [-0.25, -0.2) is 0 Å². The fraction of sp³-hybridized carbons (Fsp3) is 0.300. The van der Waals surface area contributed by atoms with Crippen LogP contribution >= 0.6 is 0 Å². The highest BCUT2D eigenvalue weighted by Crippen LogP contribution is 2.39. The molecule has 0 saturated carbocycles. The molecule has 3 rings (SSSR count). The zero-order valence-electron chi connectivity index (χ0n) is 20.8. The van der Waals surface area contributed by atoms with Crippen LogP contribution in [0.4, 0.5) is 0 Å². The molecule has 3 heteroatoms. The first kappa shape index (κ1) is 24.3. The summed E-state index contributed by atoms with van der Waals surface area (Å²) in [5, 5.41) is 8.98. The molecule has 1 aliphatic carbocycles. The molecule has 3 nitrogen and oxygen atoms in total. The summed E-state index contributed by atoms with van der Waals surface area (Å²) in [6.45, 7) is 14.4. The first-order valence-corrected chi connectivity index (χ1v) is 11.4. The summed E-state index contributed by atoms with van der Waals surface area (Å²) in [6.07, 6.45) is 5.65. The van der Waals surface area contributed by atoms with Crippen molar-refractivity contribution in [3.63, 3.8) is 0 Å². The summed E-state index contributed by atoms with van der Waals surface area (Å²) in [7, 11) is 0. The van der Waals surface area contributed by atoms with Gasteiger partial charge in [-0.3, -0.25) is 4.79 Å². The number of hydrogen-bond donors (Lipinski definition) is 0. The Morgan fingerprint density at radius 1 is 0.727 bits per heavy atom. The fourth-order valence-electron chi connectivity index (χ4n) is 3.87. The van der Waals surface area contributed by atoms with Gasteiger partial charge in [-0.2, -0.15) is 10.2 Å². The van der Waals surface area contributed by atoms with E-state index in [4.69, 9.17) is 0 Å². The maximum absolute atomic E-state index is 13.1. The van der Waals surface area contributed by atoms with Crippen molar-refractivity contribution in [2.24, 2.45) is 21.1 Å². The Hall–Kier alpha value is -3.33. The third kappa shape index (κ3) is 5.92. The highest BCUT2D eigenvalue weighted by Gasteiger charge is 2.33. The monoisotopic (exact) mass is 438 g/mol. The van der Waals surface area contributed by atoms with Gasteiger partial charge in [0.15, 0.2) is 5.78 Å². The van der Waals surface area contributed by atoms with E-state index in [1.54, 1.807) is 6.20 Å². The Bertz CT molecular complexity index is 1090. The molecule has 33 heavy (non-hydrogen) atoms. The minimum atomic E-state index is -0.248. The molecule has 1 aliphatic rings. The second-order valence-electron chi connectivity index (χ2n) is 10.5. The maximum Gasteiger partial charge on any atom is 0.186 e. The van der Waals surface area contributed by atoms with Gasteiger partial charge in [0.25, 0.3) is 0 Å². The zero-order valence-corrected chi connectivity index (χ0v) is 20.8. The van der Waals surface area contributed by atoms with Gasteiger partial charge in [-0.1, -0.05) is 102 Å². The van der Waals surface area contributed by atoms with Gasteiger partial charge in [-0.15, -0.1) is 0 Å². The normalized spacial score (nSPS) is 14.8. The highest BCUT2D eigenvalue weighted by atomic mass is 16.1. The lowest BCUT2D eigenvalue weighted by Crippen LogP contribution is -2.27. The van der Waals surface area contributed by atoms with Gasteiger partial charge in [-0.05, 0) is 46.6 Å². The molecule has 0 saturated heterocycles. The van der Waals surface area contributed by atoms with Crippen LogP contribution in [0.15, 0.2) is 112 Å². The van der Waals surface area contributed by atoms with Crippen molar-refractivity contribution in [2.75, 3.05) is 0 Å². The minimum Gasteiger partial charge on any atom is -0.289 e. The summed E-state index contributed by atoms with van der Waals surface area (Å²) in [6, 6.07) is 20.5. The quantitative estimate of drug-likeness (QED) is 0.442. The van der Waals surface area contributed by atoms with E-state index in [1.165, 1.54) is 0 Å². The molecular formula is C30H34N2O. The smallest absolute Gasteiger partial charge is 0.186 e. The van der Waals surface area contributed by atoms with Crippen LogP contribution in [0.3, 0.4) is 0 Å². The first-order valence-electron chi connectivity index (χ1n) is 11.4. The van der Waals surface area contributed by atoms with Crippen molar-refractivity contribution in [1.82, 2.24) is 0 Å². The molecule has 0 atom stereocenters. The fourth-order valence-corrected chi connectivity index (χ4v) is 3.87. The van der Waals surface area contributed by atoms with E-state index >= 15 is 0 Å². The lowest BCUT2D eigenvalue weighted by Gasteiger charge is -2.31. The Kier molecular flexibility index (Phi) is 7.12. The van der Waals surface area contributed by atoms with E-state index in [9.17, 15) is 4.79 Å². The van der Waals surface area contributed by atoms with Crippen molar-refractivity contribution in [3.05, 3.63) is 113 Å². The van der Waals surface area contributed by atoms with Crippen molar-refractivity contribution >= 4 is 11.4 Å². The second-order valence-corrected chi connectivity index (χ2v) is 10.5. The number of ketones is 1. The predicted octanol–water partition coefficient (Wildman–Crippen LogP) is 8.33. The van der Waals surface area contributed by atoms with Crippen LogP contribution < -0.4 is 0 Å². The number of Topliss-reactive ketones (excluding diaryl/α,β-unsaturated/α-hetero) is 1. The van der Waals surface area contributed by atoms with Crippen LogP contribution in [0.2, 0.25) is 0 Å². The number of benzene rings is 2. The van der Waals surface area contributed by atoms with E-state index in [0.717, 1.165) is 39.1 Å². The number of rotatable bonds is 4.